The maximum Gasteiger partial charge on any atom is 0.256 e. The van der Waals surface area contributed by atoms with Crippen molar-refractivity contribution in [3.05, 3.63) is 79.9 Å². The number of likely N-dealkylation sites (tertiary alicyclic amines) is 1. The van der Waals surface area contributed by atoms with E-state index in [1.165, 1.54) is 6.08 Å². The molecule has 3 amide bonds. The number of methoxy groups -OCH3 is 1. The number of amides is 3. The molecule has 8 atom stereocenters. The lowest BCUT2D eigenvalue weighted by Gasteiger charge is -2.35. The number of sulfonamides is 1. The second-order valence-corrected chi connectivity index (χ2v) is 20.1. The molecule has 0 bridgehead atoms. The van der Waals surface area contributed by atoms with Crippen LogP contribution in [0.25, 0.3) is 22.2 Å². The Labute approximate surface area is 374 Å². The molecule has 1 saturated heterocycles. The van der Waals surface area contributed by atoms with Gasteiger partial charge >= 0.3 is 0 Å². The van der Waals surface area contributed by atoms with E-state index in [9.17, 15) is 27.9 Å². The van der Waals surface area contributed by atoms with Gasteiger partial charge in [-0.25, -0.2) is 13.4 Å². The maximum atomic E-state index is 14.7. The Kier molecular flexibility index (Phi) is 16.8. The zero-order valence-corrected chi connectivity index (χ0v) is 38.2. The van der Waals surface area contributed by atoms with Crippen LogP contribution in [0, 0.1) is 29.6 Å². The molecule has 12 nitrogen and oxygen atoms in total. The van der Waals surface area contributed by atoms with Gasteiger partial charge in [-0.05, 0) is 101 Å². The number of hydrogen-bond acceptors (Lipinski definition) is 9. The number of carbonyl (C=O) groups is 3. The summed E-state index contributed by atoms with van der Waals surface area (Å²) < 4.78 is 40.5. The Hall–Kier alpha value is -4.75. The molecule has 0 spiro atoms. The highest BCUT2D eigenvalue weighted by molar-refractivity contribution is 7.90. The minimum Gasteiger partial charge on any atom is -0.497 e. The summed E-state index contributed by atoms with van der Waals surface area (Å²) in [6.45, 7) is 13.0. The summed E-state index contributed by atoms with van der Waals surface area (Å²) in [4.78, 5) is 49.1. The molecule has 1 aliphatic heterocycles. The second-order valence-electron chi connectivity index (χ2n) is 18.2. The minimum absolute atomic E-state index is 0.0606. The van der Waals surface area contributed by atoms with Gasteiger partial charge in [-0.2, -0.15) is 0 Å². The molecule has 2 aromatic carbocycles. The second kappa shape index (κ2) is 22.2. The van der Waals surface area contributed by atoms with Gasteiger partial charge in [0.2, 0.25) is 21.8 Å². The highest BCUT2D eigenvalue weighted by atomic mass is 32.2. The van der Waals surface area contributed by atoms with Gasteiger partial charge in [-0.15, -0.1) is 13.2 Å². The maximum absolute atomic E-state index is 14.7. The average molecular weight is 885 g/mol. The van der Waals surface area contributed by atoms with Crippen LogP contribution >= 0.6 is 0 Å². The van der Waals surface area contributed by atoms with E-state index >= 15 is 0 Å². The van der Waals surface area contributed by atoms with Crippen molar-refractivity contribution < 1.29 is 37.4 Å². The van der Waals surface area contributed by atoms with Crippen LogP contribution in [0.5, 0.6) is 11.5 Å². The lowest BCUT2D eigenvalue weighted by molar-refractivity contribution is -0.135. The number of aliphatic hydroxyl groups excluding tert-OH is 1. The highest BCUT2D eigenvalue weighted by Crippen LogP contribution is 2.41. The Morgan fingerprint density at radius 2 is 1.73 bits per heavy atom. The SMILES string of the molecule is C=CCCCCCC(CC(=O)N1CCCCC1)C(O)C1CC(C(=O)NC(C(=O)NS(=O)(=O)C2CC2)C(C)C=C)CC(Oc2cc(-c3ccccc3)nc3cc(OC)ccc23)CC1C. The third-order valence-electron chi connectivity index (χ3n) is 13.4. The van der Waals surface area contributed by atoms with Gasteiger partial charge in [-0.3, -0.25) is 19.1 Å². The monoisotopic (exact) mass is 884 g/mol. The predicted octanol–water partition coefficient (Wildman–Crippen LogP) is 8.14. The fourth-order valence-corrected chi connectivity index (χ4v) is 10.7. The van der Waals surface area contributed by atoms with Gasteiger partial charge < -0.3 is 24.8 Å². The van der Waals surface area contributed by atoms with Crippen LogP contribution in [0.15, 0.2) is 79.9 Å². The van der Waals surface area contributed by atoms with Crippen LogP contribution in [-0.4, -0.2) is 84.8 Å². The third kappa shape index (κ3) is 12.7. The smallest absolute Gasteiger partial charge is 0.256 e. The van der Waals surface area contributed by atoms with E-state index in [-0.39, 0.29) is 42.9 Å². The molecule has 0 radical (unpaired) electrons. The van der Waals surface area contributed by atoms with Crippen molar-refractivity contribution in [1.82, 2.24) is 19.9 Å². The third-order valence-corrected chi connectivity index (χ3v) is 15.3. The molecule has 1 aromatic heterocycles. The normalized spacial score (nSPS) is 22.4. The summed E-state index contributed by atoms with van der Waals surface area (Å²) >= 11 is 0. The molecule has 3 fully saturated rings. The topological polar surface area (TPSA) is 164 Å². The number of ether oxygens (including phenoxy) is 2. The van der Waals surface area contributed by atoms with E-state index in [0.717, 1.165) is 69.0 Å². The van der Waals surface area contributed by atoms with E-state index in [2.05, 4.69) is 30.1 Å². The zero-order chi connectivity index (χ0) is 45.1. The quantitative estimate of drug-likeness (QED) is 0.0544. The fraction of sp³-hybridized carbons (Fsp3) is 0.560. The number of nitrogens with one attached hydrogen (secondary N) is 2. The van der Waals surface area contributed by atoms with Crippen molar-refractivity contribution in [3.8, 4) is 22.8 Å². The summed E-state index contributed by atoms with van der Waals surface area (Å²) in [6.07, 6.45) is 11.7. The van der Waals surface area contributed by atoms with Crippen molar-refractivity contribution in [2.45, 2.75) is 127 Å². The molecule has 6 rings (SSSR count). The van der Waals surface area contributed by atoms with E-state index < -0.39 is 57.2 Å². The number of piperidine rings is 1. The van der Waals surface area contributed by atoms with Gasteiger partial charge in [0.1, 0.15) is 17.5 Å². The highest BCUT2D eigenvalue weighted by Gasteiger charge is 2.43. The molecule has 3 aliphatic rings. The summed E-state index contributed by atoms with van der Waals surface area (Å²) in [5.74, 6) is -2.13. The molecule has 8 unspecified atom stereocenters. The Morgan fingerprint density at radius 3 is 2.41 bits per heavy atom. The number of hydrogen-bond donors (Lipinski definition) is 3. The van der Waals surface area contributed by atoms with Crippen LogP contribution in [0.2, 0.25) is 0 Å². The van der Waals surface area contributed by atoms with E-state index in [1.807, 2.05) is 65.6 Å². The van der Waals surface area contributed by atoms with Gasteiger partial charge in [0.25, 0.3) is 5.91 Å². The molecular formula is C50H68N4O8S. The molecule has 342 valence electrons. The molecule has 3 aromatic rings. The number of carbonyl (C=O) groups excluding carboxylic acids is 3. The molecule has 2 saturated carbocycles. The first kappa shape index (κ1) is 47.7. The standard InChI is InChI=1S/C50H68N4O8S/c1-6-8-9-10-13-20-36(30-46(55)54-25-16-12-17-26-54)48(56)42-29-37(49(57)52-47(33(3)7-2)50(58)53-63(59,60)40-22-23-40)28-39(27-34(42)4)62-45-32-43(35-18-14-11-15-19-35)51-44-31-38(61-5)21-24-41(44)45/h6-7,11,14-15,18-19,21,24,31-34,36-37,39-40,42,47-48,56H,1-2,8-10,12-13,16-17,20,22-23,25-30H2,3-5H3,(H,52,57)(H,53,58). The van der Waals surface area contributed by atoms with Crippen molar-refractivity contribution in [1.29, 1.82) is 0 Å². The first-order valence-corrected chi connectivity index (χ1v) is 24.6. The number of aromatic nitrogens is 1. The molecule has 13 heteroatoms. The molecule has 63 heavy (non-hydrogen) atoms. The van der Waals surface area contributed by atoms with Gasteiger partial charge in [0.05, 0.1) is 35.8 Å². The average Bonchev–Trinajstić information content (AvgIpc) is 4.17. The summed E-state index contributed by atoms with van der Waals surface area (Å²) in [5, 5.41) is 15.6. The number of pyridine rings is 1. The van der Waals surface area contributed by atoms with Gasteiger partial charge in [-0.1, -0.05) is 69.2 Å². The van der Waals surface area contributed by atoms with Crippen molar-refractivity contribution in [2.24, 2.45) is 29.6 Å². The summed E-state index contributed by atoms with van der Waals surface area (Å²) in [6, 6.07) is 16.2. The van der Waals surface area contributed by atoms with Crippen molar-refractivity contribution in [2.75, 3.05) is 20.2 Å². The van der Waals surface area contributed by atoms with Crippen molar-refractivity contribution in [3.63, 3.8) is 0 Å². The van der Waals surface area contributed by atoms with Crippen LogP contribution < -0.4 is 19.5 Å². The number of allylic oxidation sites excluding steroid dienone is 1. The first-order valence-electron chi connectivity index (χ1n) is 23.1. The van der Waals surface area contributed by atoms with E-state index in [1.54, 1.807) is 14.0 Å². The fourth-order valence-electron chi connectivity index (χ4n) is 9.40. The molecule has 2 heterocycles. The predicted molar refractivity (Wildman–Crippen MR) is 247 cm³/mol. The number of nitrogens with zero attached hydrogens (tertiary/aromatic N) is 2. The number of rotatable bonds is 21. The van der Waals surface area contributed by atoms with Crippen LogP contribution in [0.4, 0.5) is 0 Å². The summed E-state index contributed by atoms with van der Waals surface area (Å²) in [7, 11) is -2.28. The van der Waals surface area contributed by atoms with E-state index in [0.29, 0.717) is 48.4 Å². The van der Waals surface area contributed by atoms with Crippen molar-refractivity contribution >= 4 is 38.6 Å². The lowest BCUT2D eigenvalue weighted by Crippen LogP contribution is -2.53. The molecule has 3 N–H and O–H groups in total. The van der Waals surface area contributed by atoms with Gasteiger partial charge in [0.15, 0.2) is 0 Å². The Bertz CT molecular complexity index is 2160. The van der Waals surface area contributed by atoms with Crippen LogP contribution in [0.3, 0.4) is 0 Å². The lowest BCUT2D eigenvalue weighted by atomic mass is 9.75. The number of aliphatic hydroxyl groups is 1. The largest absolute Gasteiger partial charge is 0.497 e. The zero-order valence-electron chi connectivity index (χ0n) is 37.4. The minimum atomic E-state index is -3.88. The Balaban J connectivity index is 1.33. The number of fused-ring (bicyclic) bond motifs is 1. The Morgan fingerprint density at radius 1 is 0.984 bits per heavy atom. The molecule has 2 aliphatic carbocycles. The molecular weight excluding hydrogens is 817 g/mol. The van der Waals surface area contributed by atoms with Crippen LogP contribution in [-0.2, 0) is 24.4 Å². The van der Waals surface area contributed by atoms with Crippen LogP contribution in [0.1, 0.15) is 104 Å². The van der Waals surface area contributed by atoms with E-state index in [4.69, 9.17) is 14.5 Å². The number of unbranched alkanes of at least 4 members (excludes halogenated alkanes) is 3. The summed E-state index contributed by atoms with van der Waals surface area (Å²) in [5.41, 5.74) is 2.29. The first-order chi connectivity index (χ1) is 30.3. The number of benzene rings is 2. The van der Waals surface area contributed by atoms with Gasteiger partial charge in [0, 0.05) is 54.4 Å².